The Morgan fingerprint density at radius 2 is 1.74 bits per heavy atom. The Morgan fingerprint density at radius 1 is 1.00 bits per heavy atom. The van der Waals surface area contributed by atoms with Crippen LogP contribution in [0.1, 0.15) is 15.9 Å². The molecule has 1 N–H and O–H groups in total. The maximum Gasteiger partial charge on any atom is 0.255 e. The van der Waals surface area contributed by atoms with E-state index in [4.69, 9.17) is 9.47 Å². The number of rotatable bonds is 7. The van der Waals surface area contributed by atoms with Crippen LogP contribution in [-0.4, -0.2) is 19.6 Å². The Labute approximate surface area is 167 Å². The summed E-state index contributed by atoms with van der Waals surface area (Å²) in [6.45, 7) is 0.607. The quantitative estimate of drug-likeness (QED) is 0.556. The third-order valence-electron chi connectivity index (χ3n) is 4.03. The molecule has 0 aromatic heterocycles. The van der Waals surface area contributed by atoms with Gasteiger partial charge in [0.15, 0.2) is 0 Å². The molecular formula is C22H20BrNO3. The summed E-state index contributed by atoms with van der Waals surface area (Å²) in [6.07, 6.45) is 0.853. The van der Waals surface area contributed by atoms with E-state index in [1.807, 2.05) is 42.5 Å². The van der Waals surface area contributed by atoms with Crippen molar-refractivity contribution in [2.75, 3.05) is 19.0 Å². The first-order valence-electron chi connectivity index (χ1n) is 8.57. The van der Waals surface area contributed by atoms with Crippen LogP contribution < -0.4 is 14.8 Å². The number of amides is 1. The minimum absolute atomic E-state index is 0.184. The van der Waals surface area contributed by atoms with Gasteiger partial charge in [-0.25, -0.2) is 0 Å². The molecule has 0 heterocycles. The van der Waals surface area contributed by atoms with Gasteiger partial charge in [0.25, 0.3) is 5.91 Å². The molecule has 3 rings (SSSR count). The number of nitrogens with one attached hydrogen (secondary N) is 1. The predicted molar refractivity (Wildman–Crippen MR) is 111 cm³/mol. The van der Waals surface area contributed by atoms with Crippen LogP contribution in [0.15, 0.2) is 77.3 Å². The van der Waals surface area contributed by atoms with Crippen molar-refractivity contribution in [3.05, 3.63) is 88.4 Å². The molecule has 0 spiro atoms. The zero-order valence-corrected chi connectivity index (χ0v) is 16.5. The predicted octanol–water partition coefficient (Wildman–Crippen LogP) is 5.33. The Bertz CT molecular complexity index is 895. The molecule has 0 radical (unpaired) electrons. The smallest absolute Gasteiger partial charge is 0.255 e. The molecule has 0 saturated heterocycles. The van der Waals surface area contributed by atoms with E-state index in [-0.39, 0.29) is 5.91 Å². The van der Waals surface area contributed by atoms with Gasteiger partial charge in [-0.2, -0.15) is 0 Å². The van der Waals surface area contributed by atoms with Crippen LogP contribution in [0.3, 0.4) is 0 Å². The molecule has 3 aromatic carbocycles. The fourth-order valence-electron chi connectivity index (χ4n) is 2.58. The van der Waals surface area contributed by atoms with Crippen LogP contribution in [-0.2, 0) is 6.42 Å². The minimum atomic E-state index is -0.184. The van der Waals surface area contributed by atoms with Crippen LogP contribution in [0.5, 0.6) is 11.5 Å². The van der Waals surface area contributed by atoms with E-state index in [9.17, 15) is 4.79 Å². The lowest BCUT2D eigenvalue weighted by atomic mass is 10.2. The van der Waals surface area contributed by atoms with Gasteiger partial charge in [0.1, 0.15) is 11.5 Å². The highest BCUT2D eigenvalue weighted by atomic mass is 79.9. The topological polar surface area (TPSA) is 47.6 Å². The molecular weight excluding hydrogens is 406 g/mol. The fraction of sp³-hybridized carbons (Fsp3) is 0.136. The van der Waals surface area contributed by atoms with Gasteiger partial charge in [0, 0.05) is 17.7 Å². The van der Waals surface area contributed by atoms with Crippen molar-refractivity contribution in [2.45, 2.75) is 6.42 Å². The third kappa shape index (κ3) is 5.34. The summed E-state index contributed by atoms with van der Waals surface area (Å²) >= 11 is 3.39. The van der Waals surface area contributed by atoms with Gasteiger partial charge in [-0.15, -0.1) is 0 Å². The summed E-state index contributed by atoms with van der Waals surface area (Å²) in [4.78, 5) is 12.4. The molecule has 1 amide bonds. The Morgan fingerprint density at radius 3 is 2.41 bits per heavy atom. The molecule has 3 aromatic rings. The summed E-state index contributed by atoms with van der Waals surface area (Å²) in [5.74, 6) is 1.27. The molecule has 0 aliphatic rings. The van der Waals surface area contributed by atoms with Crippen molar-refractivity contribution in [1.29, 1.82) is 0 Å². The first-order chi connectivity index (χ1) is 13.2. The zero-order chi connectivity index (χ0) is 19.1. The largest absolute Gasteiger partial charge is 0.496 e. The van der Waals surface area contributed by atoms with Crippen molar-refractivity contribution in [2.24, 2.45) is 0 Å². The molecule has 0 unspecified atom stereocenters. The molecule has 0 saturated carbocycles. The minimum Gasteiger partial charge on any atom is -0.496 e. The Hall–Kier alpha value is -2.79. The number of methoxy groups -OCH3 is 1. The number of ether oxygens (including phenoxy) is 2. The molecule has 4 nitrogen and oxygen atoms in total. The molecule has 0 fully saturated rings. The number of carbonyl (C=O) groups excluding carboxylic acids is 1. The number of benzene rings is 3. The lowest BCUT2D eigenvalue weighted by molar-refractivity contribution is 0.102. The lowest BCUT2D eigenvalue weighted by Gasteiger charge is -2.09. The highest BCUT2D eigenvalue weighted by Crippen LogP contribution is 2.26. The highest BCUT2D eigenvalue weighted by molar-refractivity contribution is 9.10. The van der Waals surface area contributed by atoms with E-state index in [0.717, 1.165) is 16.6 Å². The lowest BCUT2D eigenvalue weighted by Crippen LogP contribution is -2.12. The monoisotopic (exact) mass is 425 g/mol. The van der Waals surface area contributed by atoms with Gasteiger partial charge in [-0.3, -0.25) is 4.79 Å². The van der Waals surface area contributed by atoms with Crippen LogP contribution in [0.25, 0.3) is 0 Å². The Kier molecular flexibility index (Phi) is 6.49. The summed E-state index contributed by atoms with van der Waals surface area (Å²) in [5.41, 5.74) is 2.50. The summed E-state index contributed by atoms with van der Waals surface area (Å²) in [6, 6.07) is 22.8. The van der Waals surface area contributed by atoms with Crippen LogP contribution in [0.2, 0.25) is 0 Å². The molecule has 0 aliphatic heterocycles. The summed E-state index contributed by atoms with van der Waals surface area (Å²) in [5, 5.41) is 2.88. The van der Waals surface area contributed by atoms with E-state index in [2.05, 4.69) is 33.4 Å². The Balaban J connectivity index is 1.54. The number of carbonyl (C=O) groups is 1. The molecule has 0 atom stereocenters. The highest BCUT2D eigenvalue weighted by Gasteiger charge is 2.09. The zero-order valence-electron chi connectivity index (χ0n) is 14.9. The second-order valence-electron chi connectivity index (χ2n) is 5.91. The van der Waals surface area contributed by atoms with Crippen molar-refractivity contribution in [1.82, 2.24) is 0 Å². The first kappa shape index (κ1) is 19.0. The van der Waals surface area contributed by atoms with Crippen LogP contribution >= 0.6 is 15.9 Å². The van der Waals surface area contributed by atoms with Crippen molar-refractivity contribution >= 4 is 27.5 Å². The van der Waals surface area contributed by atoms with Crippen molar-refractivity contribution in [3.63, 3.8) is 0 Å². The SMILES string of the molecule is COc1ccc(C(=O)Nc2ccc(OCCc3ccccc3)cc2)cc1Br. The van der Waals surface area contributed by atoms with Gasteiger partial charge in [0.05, 0.1) is 18.2 Å². The van der Waals surface area contributed by atoms with E-state index in [1.165, 1.54) is 5.56 Å². The molecule has 0 aliphatic carbocycles. The fourth-order valence-corrected chi connectivity index (χ4v) is 3.12. The number of hydrogen-bond donors (Lipinski definition) is 1. The van der Waals surface area contributed by atoms with Crippen LogP contribution in [0.4, 0.5) is 5.69 Å². The van der Waals surface area contributed by atoms with E-state index in [0.29, 0.717) is 23.6 Å². The van der Waals surface area contributed by atoms with Gasteiger partial charge in [-0.1, -0.05) is 30.3 Å². The maximum absolute atomic E-state index is 12.4. The molecule has 0 bridgehead atoms. The van der Waals surface area contributed by atoms with Gasteiger partial charge in [0.2, 0.25) is 0 Å². The van der Waals surface area contributed by atoms with Crippen LogP contribution in [0, 0.1) is 0 Å². The molecule has 27 heavy (non-hydrogen) atoms. The van der Waals surface area contributed by atoms with Gasteiger partial charge in [-0.05, 0) is 64.0 Å². The third-order valence-corrected chi connectivity index (χ3v) is 4.65. The number of hydrogen-bond acceptors (Lipinski definition) is 3. The van der Waals surface area contributed by atoms with E-state index in [1.54, 1.807) is 25.3 Å². The van der Waals surface area contributed by atoms with Gasteiger partial charge >= 0.3 is 0 Å². The van der Waals surface area contributed by atoms with E-state index >= 15 is 0 Å². The summed E-state index contributed by atoms with van der Waals surface area (Å²) < 4.78 is 11.7. The molecule has 138 valence electrons. The summed E-state index contributed by atoms with van der Waals surface area (Å²) in [7, 11) is 1.59. The standard InChI is InChI=1S/C22H20BrNO3/c1-26-21-12-7-17(15-20(21)23)22(25)24-18-8-10-19(11-9-18)27-14-13-16-5-3-2-4-6-16/h2-12,15H,13-14H2,1H3,(H,24,25). The second-order valence-corrected chi connectivity index (χ2v) is 6.77. The van der Waals surface area contributed by atoms with E-state index < -0.39 is 0 Å². The van der Waals surface area contributed by atoms with Crippen molar-refractivity contribution in [3.8, 4) is 11.5 Å². The number of anilines is 1. The number of halogens is 1. The molecule has 5 heteroatoms. The first-order valence-corrected chi connectivity index (χ1v) is 9.36. The second kappa shape index (κ2) is 9.24. The normalized spacial score (nSPS) is 10.3. The maximum atomic E-state index is 12.4. The average molecular weight is 426 g/mol. The van der Waals surface area contributed by atoms with Crippen molar-refractivity contribution < 1.29 is 14.3 Å². The van der Waals surface area contributed by atoms with Gasteiger partial charge < -0.3 is 14.8 Å². The average Bonchev–Trinajstić information content (AvgIpc) is 2.70.